The van der Waals surface area contributed by atoms with Gasteiger partial charge in [0.2, 0.25) is 0 Å². The van der Waals surface area contributed by atoms with Crippen molar-refractivity contribution in [2.75, 3.05) is 19.0 Å². The summed E-state index contributed by atoms with van der Waals surface area (Å²) in [5.41, 5.74) is 3.10. The lowest BCUT2D eigenvalue weighted by atomic mass is 10.2. The standard InChI is InChI=1S/C24H19Cl2N3O/c1-28(2)18-10-12-19(13-11-18)29-23(14-8-16-7-9-17(25)15-21(16)26)27-22-6-4-3-5-20(22)24(29)30/h3-15H,1-2H3/b14-8+. The molecule has 3 aromatic carbocycles. The van der Waals surface area contributed by atoms with Gasteiger partial charge in [0, 0.05) is 29.8 Å². The number of hydrogen-bond acceptors (Lipinski definition) is 3. The van der Waals surface area contributed by atoms with Crippen LogP contribution in [0.1, 0.15) is 11.4 Å². The Labute approximate surface area is 184 Å². The van der Waals surface area contributed by atoms with Crippen LogP contribution in [-0.4, -0.2) is 23.6 Å². The average molecular weight is 436 g/mol. The molecule has 0 bridgehead atoms. The van der Waals surface area contributed by atoms with E-state index in [9.17, 15) is 4.79 Å². The maximum atomic E-state index is 13.3. The van der Waals surface area contributed by atoms with Gasteiger partial charge in [0.1, 0.15) is 5.82 Å². The van der Waals surface area contributed by atoms with Gasteiger partial charge >= 0.3 is 0 Å². The molecule has 0 saturated carbocycles. The smallest absolute Gasteiger partial charge is 0.266 e. The molecule has 150 valence electrons. The lowest BCUT2D eigenvalue weighted by Crippen LogP contribution is -2.22. The van der Waals surface area contributed by atoms with Gasteiger partial charge in [-0.15, -0.1) is 0 Å². The first-order valence-electron chi connectivity index (χ1n) is 9.37. The monoisotopic (exact) mass is 435 g/mol. The molecule has 0 radical (unpaired) electrons. The largest absolute Gasteiger partial charge is 0.378 e. The number of para-hydroxylation sites is 1. The lowest BCUT2D eigenvalue weighted by molar-refractivity contribution is 0.943. The van der Waals surface area contributed by atoms with E-state index >= 15 is 0 Å². The van der Waals surface area contributed by atoms with Gasteiger partial charge in [0.15, 0.2) is 0 Å². The minimum absolute atomic E-state index is 0.125. The summed E-state index contributed by atoms with van der Waals surface area (Å²) in [5.74, 6) is 0.516. The Balaban J connectivity index is 1.90. The number of hydrogen-bond donors (Lipinski definition) is 0. The Kier molecular flexibility index (Phi) is 5.62. The third-order valence-corrected chi connectivity index (χ3v) is 5.36. The topological polar surface area (TPSA) is 38.1 Å². The molecule has 1 aromatic heterocycles. The third kappa shape index (κ3) is 3.97. The molecule has 0 aliphatic carbocycles. The van der Waals surface area contributed by atoms with Crippen LogP contribution >= 0.6 is 23.2 Å². The Morgan fingerprint density at radius 2 is 1.67 bits per heavy atom. The molecule has 0 fully saturated rings. The normalized spacial score (nSPS) is 11.3. The van der Waals surface area contributed by atoms with E-state index in [0.29, 0.717) is 26.8 Å². The van der Waals surface area contributed by atoms with Crippen LogP contribution in [0.2, 0.25) is 10.0 Å². The molecular weight excluding hydrogens is 417 g/mol. The van der Waals surface area contributed by atoms with E-state index in [4.69, 9.17) is 28.2 Å². The van der Waals surface area contributed by atoms with Crippen LogP contribution in [0.25, 0.3) is 28.7 Å². The summed E-state index contributed by atoms with van der Waals surface area (Å²) in [6, 6.07) is 20.4. The Morgan fingerprint density at radius 1 is 0.933 bits per heavy atom. The molecule has 4 nitrogen and oxygen atoms in total. The van der Waals surface area contributed by atoms with Crippen molar-refractivity contribution in [2.24, 2.45) is 0 Å². The van der Waals surface area contributed by atoms with Crippen LogP contribution in [0, 0.1) is 0 Å². The summed E-state index contributed by atoms with van der Waals surface area (Å²) in [4.78, 5) is 20.1. The number of aromatic nitrogens is 2. The number of rotatable bonds is 4. The van der Waals surface area contributed by atoms with Crippen LogP contribution in [0.4, 0.5) is 5.69 Å². The van der Waals surface area contributed by atoms with Gasteiger partial charge < -0.3 is 4.90 Å². The minimum Gasteiger partial charge on any atom is -0.378 e. The van der Waals surface area contributed by atoms with E-state index < -0.39 is 0 Å². The first-order chi connectivity index (χ1) is 14.4. The van der Waals surface area contributed by atoms with Crippen LogP contribution in [0.3, 0.4) is 0 Å². The van der Waals surface area contributed by atoms with E-state index in [-0.39, 0.29) is 5.56 Å². The zero-order valence-corrected chi connectivity index (χ0v) is 18.0. The van der Waals surface area contributed by atoms with E-state index in [1.165, 1.54) is 0 Å². The zero-order chi connectivity index (χ0) is 21.3. The molecule has 6 heteroatoms. The summed E-state index contributed by atoms with van der Waals surface area (Å²) in [5, 5.41) is 1.67. The summed E-state index contributed by atoms with van der Waals surface area (Å²) in [6.07, 6.45) is 3.63. The first-order valence-corrected chi connectivity index (χ1v) is 10.1. The van der Waals surface area contributed by atoms with Crippen LogP contribution in [-0.2, 0) is 0 Å². The highest BCUT2D eigenvalue weighted by atomic mass is 35.5. The summed E-state index contributed by atoms with van der Waals surface area (Å²) in [6.45, 7) is 0. The molecule has 1 heterocycles. The summed E-state index contributed by atoms with van der Waals surface area (Å²) >= 11 is 12.3. The molecule has 0 saturated heterocycles. The minimum atomic E-state index is -0.125. The van der Waals surface area contributed by atoms with Gasteiger partial charge in [-0.05, 0) is 66.2 Å². The molecule has 0 amide bonds. The van der Waals surface area contributed by atoms with E-state index in [0.717, 1.165) is 16.9 Å². The van der Waals surface area contributed by atoms with Crippen molar-refractivity contribution in [1.29, 1.82) is 0 Å². The van der Waals surface area contributed by atoms with E-state index in [2.05, 4.69) is 0 Å². The van der Waals surface area contributed by atoms with Gasteiger partial charge in [-0.3, -0.25) is 9.36 Å². The first kappa shape index (κ1) is 20.2. The quantitative estimate of drug-likeness (QED) is 0.398. The molecule has 4 aromatic rings. The van der Waals surface area contributed by atoms with Gasteiger partial charge in [0.05, 0.1) is 16.6 Å². The Hall–Kier alpha value is -3.08. The lowest BCUT2D eigenvalue weighted by Gasteiger charge is -2.15. The summed E-state index contributed by atoms with van der Waals surface area (Å²) in [7, 11) is 3.95. The average Bonchev–Trinajstić information content (AvgIpc) is 2.73. The fourth-order valence-electron chi connectivity index (χ4n) is 3.21. The molecule has 0 N–H and O–H groups in total. The molecule has 0 unspecified atom stereocenters. The van der Waals surface area contributed by atoms with E-state index in [1.807, 2.05) is 73.6 Å². The van der Waals surface area contributed by atoms with Crippen LogP contribution in [0.5, 0.6) is 0 Å². The molecule has 4 rings (SSSR count). The van der Waals surface area contributed by atoms with E-state index in [1.54, 1.807) is 28.8 Å². The number of fused-ring (bicyclic) bond motifs is 1. The maximum absolute atomic E-state index is 13.3. The molecule has 30 heavy (non-hydrogen) atoms. The number of anilines is 1. The van der Waals surface area contributed by atoms with Gasteiger partial charge in [-0.1, -0.05) is 41.4 Å². The highest BCUT2D eigenvalue weighted by Crippen LogP contribution is 2.23. The Morgan fingerprint density at radius 3 is 2.37 bits per heavy atom. The highest BCUT2D eigenvalue weighted by Gasteiger charge is 2.11. The summed E-state index contributed by atoms with van der Waals surface area (Å²) < 4.78 is 1.61. The van der Waals surface area contributed by atoms with Crippen molar-refractivity contribution < 1.29 is 0 Å². The van der Waals surface area contributed by atoms with Crippen molar-refractivity contribution in [3.8, 4) is 5.69 Å². The van der Waals surface area contributed by atoms with Crippen molar-refractivity contribution in [2.45, 2.75) is 0 Å². The molecule has 0 aliphatic heterocycles. The van der Waals surface area contributed by atoms with Crippen molar-refractivity contribution in [3.63, 3.8) is 0 Å². The van der Waals surface area contributed by atoms with Crippen LogP contribution in [0.15, 0.2) is 71.5 Å². The highest BCUT2D eigenvalue weighted by molar-refractivity contribution is 6.35. The Bertz CT molecular complexity index is 1310. The van der Waals surface area contributed by atoms with Gasteiger partial charge in [0.25, 0.3) is 5.56 Å². The second-order valence-corrected chi connectivity index (χ2v) is 7.88. The van der Waals surface area contributed by atoms with Crippen molar-refractivity contribution in [3.05, 3.63) is 98.5 Å². The second-order valence-electron chi connectivity index (χ2n) is 7.04. The molecular formula is C24H19Cl2N3O. The van der Waals surface area contributed by atoms with Crippen molar-refractivity contribution in [1.82, 2.24) is 9.55 Å². The van der Waals surface area contributed by atoms with Gasteiger partial charge in [-0.2, -0.15) is 0 Å². The molecule has 0 aliphatic rings. The fraction of sp³-hybridized carbons (Fsp3) is 0.0833. The van der Waals surface area contributed by atoms with Crippen LogP contribution < -0.4 is 10.5 Å². The SMILES string of the molecule is CN(C)c1ccc(-n2c(/C=C/c3ccc(Cl)cc3Cl)nc3ccccc3c2=O)cc1. The second kappa shape index (κ2) is 8.34. The predicted molar refractivity (Wildman–Crippen MR) is 127 cm³/mol. The molecule has 0 atom stereocenters. The number of halogens is 2. The van der Waals surface area contributed by atoms with Gasteiger partial charge in [-0.25, -0.2) is 4.98 Å². The third-order valence-electron chi connectivity index (χ3n) is 4.80. The fourth-order valence-corrected chi connectivity index (χ4v) is 3.68. The maximum Gasteiger partial charge on any atom is 0.266 e. The van der Waals surface area contributed by atoms with Crippen molar-refractivity contribution >= 4 is 51.9 Å². The number of benzene rings is 3. The number of nitrogens with zero attached hydrogens (tertiary/aromatic N) is 3. The predicted octanol–water partition coefficient (Wildman–Crippen LogP) is 5.93. The molecule has 0 spiro atoms. The zero-order valence-electron chi connectivity index (χ0n) is 16.5.